The summed E-state index contributed by atoms with van der Waals surface area (Å²) in [7, 11) is 0. The molecule has 2 N–H and O–H groups in total. The molecule has 1 aliphatic rings. The number of hydrogen-bond donors (Lipinski definition) is 2. The molecule has 0 unspecified atom stereocenters. The molecular formula is C19H21N5O2. The van der Waals surface area contributed by atoms with Crippen LogP contribution in [-0.4, -0.2) is 55.2 Å². The van der Waals surface area contributed by atoms with Gasteiger partial charge in [-0.3, -0.25) is 14.7 Å². The molecule has 0 atom stereocenters. The van der Waals surface area contributed by atoms with Gasteiger partial charge in [-0.2, -0.15) is 5.26 Å². The number of anilines is 2. The predicted molar refractivity (Wildman–Crippen MR) is 99.1 cm³/mol. The number of hydrogen-bond acceptors (Lipinski definition) is 6. The molecule has 2 heterocycles. The van der Waals surface area contributed by atoms with Gasteiger partial charge in [0.25, 0.3) is 5.91 Å². The molecule has 0 bridgehead atoms. The number of pyridine rings is 1. The Labute approximate surface area is 152 Å². The van der Waals surface area contributed by atoms with Crippen molar-refractivity contribution >= 4 is 17.3 Å². The third-order valence-corrected chi connectivity index (χ3v) is 4.16. The molecule has 2 aromatic rings. The number of carbonyl (C=O) groups is 1. The fourth-order valence-corrected chi connectivity index (χ4v) is 2.73. The first-order valence-corrected chi connectivity index (χ1v) is 8.56. The topological polar surface area (TPSA) is 90.3 Å². The van der Waals surface area contributed by atoms with E-state index in [0.717, 1.165) is 45.1 Å². The summed E-state index contributed by atoms with van der Waals surface area (Å²) in [4.78, 5) is 18.9. The van der Waals surface area contributed by atoms with Crippen molar-refractivity contribution in [2.24, 2.45) is 0 Å². The minimum atomic E-state index is -0.294. The zero-order valence-corrected chi connectivity index (χ0v) is 14.4. The summed E-state index contributed by atoms with van der Waals surface area (Å²) in [6, 6.07) is 10.7. The van der Waals surface area contributed by atoms with Gasteiger partial charge >= 0.3 is 0 Å². The van der Waals surface area contributed by atoms with Gasteiger partial charge in [-0.05, 0) is 18.2 Å². The summed E-state index contributed by atoms with van der Waals surface area (Å²) in [6.45, 7) is 5.13. The second kappa shape index (κ2) is 8.94. The normalized spacial score (nSPS) is 14.4. The maximum atomic E-state index is 12.4. The largest absolute Gasteiger partial charge is 0.382 e. The minimum Gasteiger partial charge on any atom is -0.382 e. The molecule has 3 rings (SSSR count). The van der Waals surface area contributed by atoms with Gasteiger partial charge in [0.05, 0.1) is 35.7 Å². The number of benzene rings is 1. The monoisotopic (exact) mass is 351 g/mol. The van der Waals surface area contributed by atoms with Crippen LogP contribution in [0.25, 0.3) is 0 Å². The van der Waals surface area contributed by atoms with Crippen LogP contribution in [0.1, 0.15) is 15.9 Å². The van der Waals surface area contributed by atoms with Crippen molar-refractivity contribution in [1.29, 1.82) is 5.26 Å². The standard InChI is InChI=1S/C19H21N5O2/c20-12-15-3-1-2-4-18(15)23-19(25)16-11-17(14-21-13-16)22-5-6-24-7-9-26-10-8-24/h1-4,11,13-14,22H,5-10H2,(H,23,25). The van der Waals surface area contributed by atoms with Crippen molar-refractivity contribution in [2.75, 3.05) is 50.0 Å². The van der Waals surface area contributed by atoms with Crippen LogP contribution in [0.15, 0.2) is 42.7 Å². The van der Waals surface area contributed by atoms with Crippen molar-refractivity contribution in [3.63, 3.8) is 0 Å². The van der Waals surface area contributed by atoms with Gasteiger partial charge in [0.1, 0.15) is 6.07 Å². The molecule has 1 aromatic carbocycles. The second-order valence-electron chi connectivity index (χ2n) is 5.95. The Bertz CT molecular complexity index is 797. The van der Waals surface area contributed by atoms with Gasteiger partial charge in [-0.25, -0.2) is 0 Å². The maximum Gasteiger partial charge on any atom is 0.257 e. The quantitative estimate of drug-likeness (QED) is 0.827. The highest BCUT2D eigenvalue weighted by molar-refractivity contribution is 6.05. The van der Waals surface area contributed by atoms with Crippen LogP contribution >= 0.6 is 0 Å². The Balaban J connectivity index is 1.57. The number of nitrogens with one attached hydrogen (secondary N) is 2. The molecule has 0 radical (unpaired) electrons. The van der Waals surface area contributed by atoms with Gasteiger partial charge in [-0.15, -0.1) is 0 Å². The molecule has 1 aromatic heterocycles. The molecule has 134 valence electrons. The van der Waals surface area contributed by atoms with Crippen molar-refractivity contribution in [3.05, 3.63) is 53.9 Å². The van der Waals surface area contributed by atoms with E-state index in [4.69, 9.17) is 10.00 Å². The van der Waals surface area contributed by atoms with Gasteiger partial charge < -0.3 is 15.4 Å². The second-order valence-corrected chi connectivity index (χ2v) is 5.95. The van der Waals surface area contributed by atoms with Crippen molar-refractivity contribution in [1.82, 2.24) is 9.88 Å². The van der Waals surface area contributed by atoms with E-state index in [1.54, 1.807) is 36.5 Å². The first kappa shape index (κ1) is 17.9. The SMILES string of the molecule is N#Cc1ccccc1NC(=O)c1cncc(NCCN2CCOCC2)c1. The average Bonchev–Trinajstić information content (AvgIpc) is 2.69. The Hall–Kier alpha value is -2.95. The van der Waals surface area contributed by atoms with Crippen molar-refractivity contribution < 1.29 is 9.53 Å². The predicted octanol–water partition coefficient (Wildman–Crippen LogP) is 1.95. The number of morpholine rings is 1. The van der Waals surface area contributed by atoms with Crippen LogP contribution in [0, 0.1) is 11.3 Å². The lowest BCUT2D eigenvalue weighted by atomic mass is 10.2. The molecule has 26 heavy (non-hydrogen) atoms. The number of carbonyl (C=O) groups excluding carboxylic acids is 1. The van der Waals surface area contributed by atoms with Gasteiger partial charge in [0.2, 0.25) is 0 Å². The van der Waals surface area contributed by atoms with E-state index in [1.807, 2.05) is 0 Å². The highest BCUT2D eigenvalue weighted by Crippen LogP contribution is 2.16. The van der Waals surface area contributed by atoms with E-state index in [9.17, 15) is 4.79 Å². The van der Waals surface area contributed by atoms with Crippen LogP contribution in [0.5, 0.6) is 0 Å². The smallest absolute Gasteiger partial charge is 0.257 e. The number of nitriles is 1. The lowest BCUT2D eigenvalue weighted by molar-refractivity contribution is 0.0398. The number of ether oxygens (including phenoxy) is 1. The fraction of sp³-hybridized carbons (Fsp3) is 0.316. The number of nitrogens with zero attached hydrogens (tertiary/aromatic N) is 3. The minimum absolute atomic E-state index is 0.294. The molecule has 0 aliphatic carbocycles. The summed E-state index contributed by atoms with van der Waals surface area (Å²) < 4.78 is 5.34. The van der Waals surface area contributed by atoms with Crippen LogP contribution in [0.2, 0.25) is 0 Å². The Kier molecular flexibility index (Phi) is 6.14. The maximum absolute atomic E-state index is 12.4. The van der Waals surface area contributed by atoms with Gasteiger partial charge in [-0.1, -0.05) is 12.1 Å². The zero-order valence-electron chi connectivity index (χ0n) is 14.4. The van der Waals surface area contributed by atoms with Crippen LogP contribution in [-0.2, 0) is 4.74 Å². The molecular weight excluding hydrogens is 330 g/mol. The molecule has 7 nitrogen and oxygen atoms in total. The van der Waals surface area contributed by atoms with E-state index in [2.05, 4.69) is 26.6 Å². The zero-order chi connectivity index (χ0) is 18.2. The summed E-state index contributed by atoms with van der Waals surface area (Å²) >= 11 is 0. The number of rotatable bonds is 6. The summed E-state index contributed by atoms with van der Waals surface area (Å²) in [5, 5.41) is 15.2. The summed E-state index contributed by atoms with van der Waals surface area (Å²) in [5.41, 5.74) is 2.15. The Morgan fingerprint density at radius 1 is 1.27 bits per heavy atom. The summed E-state index contributed by atoms with van der Waals surface area (Å²) in [6.07, 6.45) is 3.21. The van der Waals surface area contributed by atoms with Crippen LogP contribution in [0.3, 0.4) is 0 Å². The number of aromatic nitrogens is 1. The number of para-hydroxylation sites is 1. The first-order chi connectivity index (χ1) is 12.8. The van der Waals surface area contributed by atoms with E-state index < -0.39 is 0 Å². The fourth-order valence-electron chi connectivity index (χ4n) is 2.73. The van der Waals surface area contributed by atoms with E-state index >= 15 is 0 Å². The molecule has 7 heteroatoms. The van der Waals surface area contributed by atoms with Crippen molar-refractivity contribution in [3.8, 4) is 6.07 Å². The average molecular weight is 351 g/mol. The lowest BCUT2D eigenvalue weighted by Crippen LogP contribution is -2.39. The Morgan fingerprint density at radius 3 is 2.88 bits per heavy atom. The molecule has 0 spiro atoms. The third-order valence-electron chi connectivity index (χ3n) is 4.16. The third kappa shape index (κ3) is 4.79. The van der Waals surface area contributed by atoms with Gasteiger partial charge in [0, 0.05) is 38.6 Å². The molecule has 0 saturated carbocycles. The molecule has 1 aliphatic heterocycles. The lowest BCUT2D eigenvalue weighted by Gasteiger charge is -2.26. The van der Waals surface area contributed by atoms with E-state index in [1.165, 1.54) is 6.20 Å². The first-order valence-electron chi connectivity index (χ1n) is 8.56. The van der Waals surface area contributed by atoms with Gasteiger partial charge in [0.15, 0.2) is 0 Å². The van der Waals surface area contributed by atoms with E-state index in [0.29, 0.717) is 16.8 Å². The molecule has 1 saturated heterocycles. The molecule has 1 fully saturated rings. The highest BCUT2D eigenvalue weighted by atomic mass is 16.5. The number of amides is 1. The van der Waals surface area contributed by atoms with Crippen molar-refractivity contribution in [2.45, 2.75) is 0 Å². The van der Waals surface area contributed by atoms with Crippen LogP contribution in [0.4, 0.5) is 11.4 Å². The molecule has 1 amide bonds. The van der Waals surface area contributed by atoms with Crippen LogP contribution < -0.4 is 10.6 Å². The highest BCUT2D eigenvalue weighted by Gasteiger charge is 2.11. The van der Waals surface area contributed by atoms with E-state index in [-0.39, 0.29) is 5.91 Å². The summed E-state index contributed by atoms with van der Waals surface area (Å²) in [5.74, 6) is -0.294. The Morgan fingerprint density at radius 2 is 2.08 bits per heavy atom.